The van der Waals surface area contributed by atoms with Crippen LogP contribution in [-0.2, 0) is 4.74 Å². The molecule has 1 aromatic heterocycles. The molecule has 0 aliphatic heterocycles. The molecular weight excluding hydrogens is 178 g/mol. The Labute approximate surface area is 84.5 Å². The largest absolute Gasteiger partial charge is 0.369 e. The molecule has 1 aromatic rings. The van der Waals surface area contributed by atoms with Crippen molar-refractivity contribution in [2.24, 2.45) is 5.73 Å². The molecule has 0 saturated heterocycles. The molecule has 0 aromatic carbocycles. The second-order valence-corrected chi connectivity index (χ2v) is 3.47. The van der Waals surface area contributed by atoms with Gasteiger partial charge in [0.25, 0.3) is 0 Å². The highest BCUT2D eigenvalue weighted by molar-refractivity contribution is 5.09. The molecular formula is C10H17N3O. The Morgan fingerprint density at radius 2 is 1.93 bits per heavy atom. The smallest absolute Gasteiger partial charge is 0.125 e. The number of nitrogens with two attached hydrogens (primary N) is 1. The number of ether oxygens (including phenoxy) is 1. The van der Waals surface area contributed by atoms with Crippen LogP contribution in [0.2, 0.25) is 0 Å². The van der Waals surface area contributed by atoms with Crippen molar-refractivity contribution in [3.8, 4) is 0 Å². The summed E-state index contributed by atoms with van der Waals surface area (Å²) in [6.07, 6.45) is 3.59. The third-order valence-corrected chi connectivity index (χ3v) is 1.82. The van der Waals surface area contributed by atoms with Gasteiger partial charge in [0, 0.05) is 24.5 Å². The summed E-state index contributed by atoms with van der Waals surface area (Å²) in [5.74, 6) is 0.758. The third-order valence-electron chi connectivity index (χ3n) is 1.82. The van der Waals surface area contributed by atoms with E-state index in [1.807, 2.05) is 20.8 Å². The van der Waals surface area contributed by atoms with Gasteiger partial charge in [0.15, 0.2) is 0 Å². The fourth-order valence-electron chi connectivity index (χ4n) is 1.17. The van der Waals surface area contributed by atoms with Crippen LogP contribution in [0.3, 0.4) is 0 Å². The minimum Gasteiger partial charge on any atom is -0.369 e. The first kappa shape index (κ1) is 11.1. The van der Waals surface area contributed by atoms with E-state index in [4.69, 9.17) is 10.5 Å². The fourth-order valence-corrected chi connectivity index (χ4v) is 1.17. The summed E-state index contributed by atoms with van der Waals surface area (Å²) in [7, 11) is 0. The Hall–Kier alpha value is -1.00. The molecule has 4 nitrogen and oxygen atoms in total. The lowest BCUT2D eigenvalue weighted by Gasteiger charge is -2.18. The standard InChI is InChI=1S/C10H17N3O/c1-7(2)14-10(4-11)9-5-12-8(3)13-6-9/h5-7,10H,4,11H2,1-3H3/t10-/m0/s1. The topological polar surface area (TPSA) is 61.0 Å². The predicted molar refractivity (Wildman–Crippen MR) is 54.8 cm³/mol. The second kappa shape index (κ2) is 5.02. The van der Waals surface area contributed by atoms with Gasteiger partial charge in [-0.05, 0) is 20.8 Å². The van der Waals surface area contributed by atoms with Crippen molar-refractivity contribution >= 4 is 0 Å². The Bertz CT molecular complexity index is 271. The normalized spacial score (nSPS) is 13.2. The average molecular weight is 195 g/mol. The van der Waals surface area contributed by atoms with E-state index >= 15 is 0 Å². The van der Waals surface area contributed by atoms with E-state index in [0.29, 0.717) is 6.54 Å². The Morgan fingerprint density at radius 1 is 1.36 bits per heavy atom. The first-order valence-corrected chi connectivity index (χ1v) is 4.77. The van der Waals surface area contributed by atoms with Crippen LogP contribution in [0.25, 0.3) is 0 Å². The van der Waals surface area contributed by atoms with E-state index in [1.54, 1.807) is 12.4 Å². The molecule has 2 N–H and O–H groups in total. The molecule has 1 heterocycles. The zero-order valence-electron chi connectivity index (χ0n) is 8.90. The van der Waals surface area contributed by atoms with Gasteiger partial charge in [-0.15, -0.1) is 0 Å². The first-order chi connectivity index (χ1) is 6.63. The fraction of sp³-hybridized carbons (Fsp3) is 0.600. The number of nitrogens with zero attached hydrogens (tertiary/aromatic N) is 2. The quantitative estimate of drug-likeness (QED) is 0.784. The van der Waals surface area contributed by atoms with Crippen molar-refractivity contribution in [3.05, 3.63) is 23.8 Å². The summed E-state index contributed by atoms with van der Waals surface area (Å²) < 4.78 is 5.62. The van der Waals surface area contributed by atoms with Gasteiger partial charge in [-0.3, -0.25) is 0 Å². The summed E-state index contributed by atoms with van der Waals surface area (Å²) in [6, 6.07) is 0. The molecule has 0 aliphatic rings. The average Bonchev–Trinajstić information content (AvgIpc) is 2.15. The molecule has 0 radical (unpaired) electrons. The van der Waals surface area contributed by atoms with Crippen LogP contribution in [0, 0.1) is 6.92 Å². The lowest BCUT2D eigenvalue weighted by atomic mass is 10.2. The Morgan fingerprint density at radius 3 is 2.36 bits per heavy atom. The van der Waals surface area contributed by atoms with Gasteiger partial charge in [-0.2, -0.15) is 0 Å². The van der Waals surface area contributed by atoms with Gasteiger partial charge in [0.2, 0.25) is 0 Å². The summed E-state index contributed by atoms with van der Waals surface area (Å²) in [4.78, 5) is 8.22. The van der Waals surface area contributed by atoms with Crippen molar-refractivity contribution in [3.63, 3.8) is 0 Å². The molecule has 1 rings (SSSR count). The summed E-state index contributed by atoms with van der Waals surface area (Å²) in [5.41, 5.74) is 6.55. The maximum Gasteiger partial charge on any atom is 0.125 e. The molecule has 1 atom stereocenters. The van der Waals surface area contributed by atoms with Crippen molar-refractivity contribution in [2.75, 3.05) is 6.54 Å². The first-order valence-electron chi connectivity index (χ1n) is 4.77. The second-order valence-electron chi connectivity index (χ2n) is 3.47. The van der Waals surface area contributed by atoms with Crippen LogP contribution in [0.15, 0.2) is 12.4 Å². The summed E-state index contributed by atoms with van der Waals surface area (Å²) in [6.45, 7) is 6.27. The summed E-state index contributed by atoms with van der Waals surface area (Å²) >= 11 is 0. The minimum absolute atomic E-state index is 0.101. The zero-order valence-corrected chi connectivity index (χ0v) is 8.90. The van der Waals surface area contributed by atoms with Crippen LogP contribution in [0.5, 0.6) is 0 Å². The van der Waals surface area contributed by atoms with E-state index in [2.05, 4.69) is 9.97 Å². The van der Waals surface area contributed by atoms with Crippen LogP contribution >= 0.6 is 0 Å². The van der Waals surface area contributed by atoms with Gasteiger partial charge in [-0.1, -0.05) is 0 Å². The molecule has 4 heteroatoms. The molecule has 14 heavy (non-hydrogen) atoms. The van der Waals surface area contributed by atoms with Gasteiger partial charge >= 0.3 is 0 Å². The van der Waals surface area contributed by atoms with Crippen molar-refractivity contribution < 1.29 is 4.74 Å². The molecule has 0 spiro atoms. The number of hydrogen-bond acceptors (Lipinski definition) is 4. The monoisotopic (exact) mass is 195 g/mol. The number of aryl methyl sites for hydroxylation is 1. The molecule has 0 fully saturated rings. The van der Waals surface area contributed by atoms with E-state index in [9.17, 15) is 0 Å². The minimum atomic E-state index is -0.101. The van der Waals surface area contributed by atoms with E-state index < -0.39 is 0 Å². The number of hydrogen-bond donors (Lipinski definition) is 1. The molecule has 0 unspecified atom stereocenters. The van der Waals surface area contributed by atoms with Crippen LogP contribution in [0.4, 0.5) is 0 Å². The molecule has 78 valence electrons. The van der Waals surface area contributed by atoms with Gasteiger partial charge < -0.3 is 10.5 Å². The predicted octanol–water partition coefficient (Wildman–Crippen LogP) is 1.21. The van der Waals surface area contributed by atoms with Crippen LogP contribution in [0.1, 0.15) is 31.3 Å². The molecule has 0 amide bonds. The van der Waals surface area contributed by atoms with Gasteiger partial charge in [0.1, 0.15) is 5.82 Å². The molecule has 0 aliphatic carbocycles. The van der Waals surface area contributed by atoms with Crippen molar-refractivity contribution in [1.82, 2.24) is 9.97 Å². The zero-order chi connectivity index (χ0) is 10.6. The van der Waals surface area contributed by atoms with E-state index in [-0.39, 0.29) is 12.2 Å². The van der Waals surface area contributed by atoms with Crippen LogP contribution in [-0.4, -0.2) is 22.6 Å². The molecule has 0 bridgehead atoms. The lowest BCUT2D eigenvalue weighted by molar-refractivity contribution is 0.0116. The van der Waals surface area contributed by atoms with Gasteiger partial charge in [-0.25, -0.2) is 9.97 Å². The van der Waals surface area contributed by atoms with Crippen molar-refractivity contribution in [2.45, 2.75) is 33.0 Å². The molecule has 0 saturated carbocycles. The van der Waals surface area contributed by atoms with Crippen LogP contribution < -0.4 is 5.73 Å². The lowest BCUT2D eigenvalue weighted by Crippen LogP contribution is -2.19. The highest BCUT2D eigenvalue weighted by Crippen LogP contribution is 2.15. The number of aromatic nitrogens is 2. The SMILES string of the molecule is Cc1ncc([C@H](CN)OC(C)C)cn1. The highest BCUT2D eigenvalue weighted by atomic mass is 16.5. The van der Waals surface area contributed by atoms with Crippen molar-refractivity contribution in [1.29, 1.82) is 0 Å². The Kier molecular flexibility index (Phi) is 3.98. The third kappa shape index (κ3) is 3.05. The van der Waals surface area contributed by atoms with E-state index in [0.717, 1.165) is 11.4 Å². The number of rotatable bonds is 4. The van der Waals surface area contributed by atoms with Gasteiger partial charge in [0.05, 0.1) is 12.2 Å². The Balaban J connectivity index is 2.73. The maximum absolute atomic E-state index is 5.62. The summed E-state index contributed by atoms with van der Waals surface area (Å²) in [5, 5.41) is 0. The maximum atomic E-state index is 5.62. The van der Waals surface area contributed by atoms with E-state index in [1.165, 1.54) is 0 Å². The highest BCUT2D eigenvalue weighted by Gasteiger charge is 2.12.